The lowest BCUT2D eigenvalue weighted by Crippen LogP contribution is -2.70. The predicted octanol–water partition coefficient (Wildman–Crippen LogP) is 7.68. The summed E-state index contributed by atoms with van der Waals surface area (Å²) in [6, 6.07) is 38.2. The molecule has 4 aromatic carbocycles. The van der Waals surface area contributed by atoms with E-state index in [2.05, 4.69) is 65.7 Å². The van der Waals surface area contributed by atoms with E-state index >= 15 is 0 Å². The summed E-state index contributed by atoms with van der Waals surface area (Å²) in [5.74, 6) is -0.559. The highest BCUT2D eigenvalue weighted by atomic mass is 35.5. The smallest absolute Gasteiger partial charge is 0.385 e. The molecule has 0 aromatic heterocycles. The van der Waals surface area contributed by atoms with Gasteiger partial charge in [-0.2, -0.15) is 0 Å². The molecule has 1 atom stereocenters. The van der Waals surface area contributed by atoms with E-state index in [1.54, 1.807) is 0 Å². The third kappa shape index (κ3) is 7.46. The Labute approximate surface area is 295 Å². The molecule has 0 saturated carbocycles. The SMILES string of the molecule is CC(CCC(N1CCC(O)(c2ccc(Cl)cc2)CC1)[N+]1(C(=O)Nc2ccccc2)CCC(C(N)=O)CC1)(c1ccccc1)c1ccccc1. The summed E-state index contributed by atoms with van der Waals surface area (Å²) in [5.41, 5.74) is 8.58. The van der Waals surface area contributed by atoms with Crippen molar-refractivity contribution in [3.63, 3.8) is 0 Å². The van der Waals surface area contributed by atoms with Crippen molar-refractivity contribution in [1.29, 1.82) is 0 Å². The van der Waals surface area contributed by atoms with E-state index in [1.807, 2.05) is 66.7 Å². The van der Waals surface area contributed by atoms with Gasteiger partial charge < -0.3 is 10.8 Å². The van der Waals surface area contributed by atoms with Crippen molar-refractivity contribution < 1.29 is 19.2 Å². The fourth-order valence-corrected chi connectivity index (χ4v) is 8.30. The number of piperidine rings is 2. The van der Waals surface area contributed by atoms with Crippen molar-refractivity contribution in [2.24, 2.45) is 11.7 Å². The third-order valence-electron chi connectivity index (χ3n) is 11.3. The minimum absolute atomic E-state index is 0.0706. The number of quaternary nitrogens is 1. The number of carbonyl (C=O) groups excluding carboxylic acids is 2. The Morgan fingerprint density at radius 2 is 1.39 bits per heavy atom. The van der Waals surface area contributed by atoms with Gasteiger partial charge in [-0.3, -0.25) is 15.0 Å². The zero-order chi connectivity index (χ0) is 34.5. The summed E-state index contributed by atoms with van der Waals surface area (Å²) in [6.07, 6.45) is 3.48. The highest BCUT2D eigenvalue weighted by Crippen LogP contribution is 2.42. The van der Waals surface area contributed by atoms with E-state index in [0.29, 0.717) is 56.9 Å². The van der Waals surface area contributed by atoms with Gasteiger partial charge in [-0.05, 0) is 60.2 Å². The molecule has 0 aliphatic carbocycles. The summed E-state index contributed by atoms with van der Waals surface area (Å²) in [6.45, 7) is 4.55. The lowest BCUT2D eigenvalue weighted by atomic mass is 9.72. The van der Waals surface area contributed by atoms with Crippen molar-refractivity contribution in [2.75, 3.05) is 31.5 Å². The Balaban J connectivity index is 1.38. The summed E-state index contributed by atoms with van der Waals surface area (Å²) >= 11 is 6.18. The standard InChI is InChI=1S/C41H47ClN4O3/c1-40(32-11-5-2-6-12-32,33-13-7-3-8-14-33)24-21-37(45-27-25-41(49,26-28-45)34-17-19-35(42)20-18-34)46(29-22-31(23-30-46)38(43)47)39(48)44-36-15-9-4-10-16-36/h2-20,31,37,49H,21-30H2,1H3,(H2-,43,44,47,48)/p+1. The quantitative estimate of drug-likeness (QED) is 0.150. The monoisotopic (exact) mass is 679 g/mol. The number of aliphatic hydroxyl groups is 1. The van der Waals surface area contributed by atoms with Gasteiger partial charge in [-0.15, -0.1) is 0 Å². The fourth-order valence-electron chi connectivity index (χ4n) is 8.17. The molecule has 2 saturated heterocycles. The number of amides is 3. The van der Waals surface area contributed by atoms with Crippen molar-refractivity contribution in [3.05, 3.63) is 137 Å². The molecule has 3 amide bonds. The van der Waals surface area contributed by atoms with E-state index in [-0.39, 0.29) is 33.9 Å². The zero-order valence-electron chi connectivity index (χ0n) is 28.3. The number of likely N-dealkylation sites (tertiary alicyclic amines) is 2. The van der Waals surface area contributed by atoms with Crippen LogP contribution in [0.1, 0.15) is 62.1 Å². The van der Waals surface area contributed by atoms with Crippen LogP contribution in [0.2, 0.25) is 5.02 Å². The van der Waals surface area contributed by atoms with Crippen LogP contribution in [-0.4, -0.2) is 58.8 Å². The number of rotatable bonds is 10. The number of hydrogen-bond acceptors (Lipinski definition) is 4. The van der Waals surface area contributed by atoms with Crippen LogP contribution in [0.15, 0.2) is 115 Å². The molecular weight excluding hydrogens is 632 g/mol. The first-order valence-corrected chi connectivity index (χ1v) is 17.9. The van der Waals surface area contributed by atoms with Crippen LogP contribution in [0.3, 0.4) is 0 Å². The normalized spacial score (nSPS) is 21.8. The molecule has 256 valence electrons. The predicted molar refractivity (Wildman–Crippen MR) is 196 cm³/mol. The zero-order valence-corrected chi connectivity index (χ0v) is 29.1. The van der Waals surface area contributed by atoms with Gasteiger partial charge in [0.1, 0.15) is 0 Å². The van der Waals surface area contributed by atoms with E-state index in [4.69, 9.17) is 17.3 Å². The maximum Gasteiger partial charge on any atom is 0.422 e. The first-order valence-electron chi connectivity index (χ1n) is 17.5. The highest BCUT2D eigenvalue weighted by Gasteiger charge is 2.52. The van der Waals surface area contributed by atoms with Crippen LogP contribution in [0.5, 0.6) is 0 Å². The van der Waals surface area contributed by atoms with E-state index < -0.39 is 5.60 Å². The maximum atomic E-state index is 14.8. The van der Waals surface area contributed by atoms with Gasteiger partial charge in [0.05, 0.1) is 18.7 Å². The molecular formula is C41H48ClN4O3+. The minimum atomic E-state index is -0.982. The van der Waals surface area contributed by atoms with Crippen LogP contribution >= 0.6 is 11.6 Å². The molecule has 1 unspecified atom stereocenters. The molecule has 49 heavy (non-hydrogen) atoms. The Kier molecular flexibility index (Phi) is 10.6. The van der Waals surface area contributed by atoms with Crippen LogP contribution in [0, 0.1) is 5.92 Å². The number of nitrogens with two attached hydrogens (primary N) is 1. The molecule has 4 aromatic rings. The number of carbonyl (C=O) groups is 2. The maximum absolute atomic E-state index is 14.8. The topological polar surface area (TPSA) is 95.7 Å². The number of nitrogens with one attached hydrogen (secondary N) is 1. The van der Waals surface area contributed by atoms with Crippen LogP contribution < -0.4 is 11.1 Å². The highest BCUT2D eigenvalue weighted by molar-refractivity contribution is 6.30. The minimum Gasteiger partial charge on any atom is -0.385 e. The first-order chi connectivity index (χ1) is 23.6. The average molecular weight is 680 g/mol. The van der Waals surface area contributed by atoms with Gasteiger partial charge in [0.25, 0.3) is 0 Å². The largest absolute Gasteiger partial charge is 0.422 e. The summed E-state index contributed by atoms with van der Waals surface area (Å²) in [4.78, 5) is 29.5. The van der Waals surface area contributed by atoms with Gasteiger partial charge in [0, 0.05) is 54.4 Å². The summed E-state index contributed by atoms with van der Waals surface area (Å²) in [5, 5.41) is 15.7. The van der Waals surface area contributed by atoms with Crippen molar-refractivity contribution in [3.8, 4) is 0 Å². The van der Waals surface area contributed by atoms with E-state index in [0.717, 1.165) is 24.1 Å². The Bertz CT molecular complexity index is 1650. The molecule has 2 fully saturated rings. The number of anilines is 1. The average Bonchev–Trinajstić information content (AvgIpc) is 3.14. The molecule has 2 aliphatic heterocycles. The number of primary amides is 1. The lowest BCUT2D eigenvalue weighted by molar-refractivity contribution is -0.892. The lowest BCUT2D eigenvalue weighted by Gasteiger charge is -2.52. The second-order valence-electron chi connectivity index (χ2n) is 14.1. The number of urea groups is 1. The van der Waals surface area contributed by atoms with Crippen molar-refractivity contribution in [1.82, 2.24) is 4.90 Å². The fraction of sp³-hybridized carbons (Fsp3) is 0.366. The Morgan fingerprint density at radius 3 is 1.90 bits per heavy atom. The van der Waals surface area contributed by atoms with E-state index in [1.165, 1.54) is 11.1 Å². The summed E-state index contributed by atoms with van der Waals surface area (Å²) < 4.78 is 0.178. The molecule has 0 spiro atoms. The Hall–Kier alpha value is -4.01. The van der Waals surface area contributed by atoms with Crippen LogP contribution in [-0.2, 0) is 15.8 Å². The molecule has 0 bridgehead atoms. The Morgan fingerprint density at radius 1 is 0.878 bits per heavy atom. The second-order valence-corrected chi connectivity index (χ2v) is 14.5. The summed E-state index contributed by atoms with van der Waals surface area (Å²) in [7, 11) is 0. The molecule has 0 radical (unpaired) electrons. The number of benzene rings is 4. The van der Waals surface area contributed by atoms with Crippen molar-refractivity contribution in [2.45, 2.75) is 62.6 Å². The van der Waals surface area contributed by atoms with Gasteiger partial charge in [0.15, 0.2) is 6.17 Å². The van der Waals surface area contributed by atoms with Crippen LogP contribution in [0.25, 0.3) is 0 Å². The van der Waals surface area contributed by atoms with Crippen LogP contribution in [0.4, 0.5) is 10.5 Å². The number of nitrogens with zero attached hydrogens (tertiary/aromatic N) is 2. The molecule has 2 heterocycles. The molecule has 8 heteroatoms. The van der Waals surface area contributed by atoms with E-state index in [9.17, 15) is 14.7 Å². The molecule has 4 N–H and O–H groups in total. The van der Waals surface area contributed by atoms with Gasteiger partial charge in [0.2, 0.25) is 5.91 Å². The molecule has 6 rings (SSSR count). The second kappa shape index (κ2) is 14.9. The molecule has 7 nitrogen and oxygen atoms in total. The number of halogens is 1. The van der Waals surface area contributed by atoms with Crippen molar-refractivity contribution >= 4 is 29.2 Å². The number of para-hydroxylation sites is 1. The molecule has 2 aliphatic rings. The third-order valence-corrected chi connectivity index (χ3v) is 11.6. The number of hydrogen-bond donors (Lipinski definition) is 3. The van der Waals surface area contributed by atoms with Gasteiger partial charge >= 0.3 is 6.03 Å². The van der Waals surface area contributed by atoms with Gasteiger partial charge in [-0.1, -0.05) is 110 Å². The first kappa shape index (κ1) is 34.8. The van der Waals surface area contributed by atoms with Gasteiger partial charge in [-0.25, -0.2) is 9.28 Å².